The lowest BCUT2D eigenvalue weighted by atomic mass is 10.1. The van der Waals surface area contributed by atoms with Gasteiger partial charge in [0.05, 0.1) is 6.21 Å². The van der Waals surface area contributed by atoms with Crippen molar-refractivity contribution in [2.24, 2.45) is 10.8 Å². The van der Waals surface area contributed by atoms with Gasteiger partial charge in [0.2, 0.25) is 5.78 Å². The number of rotatable bonds is 3. The van der Waals surface area contributed by atoms with Crippen molar-refractivity contribution in [1.29, 1.82) is 0 Å². The van der Waals surface area contributed by atoms with Crippen LogP contribution in [0.25, 0.3) is 0 Å². The van der Waals surface area contributed by atoms with E-state index < -0.39 is 0 Å². The summed E-state index contributed by atoms with van der Waals surface area (Å²) in [6, 6.07) is 8.86. The number of nitrogens with two attached hydrogens (primary N) is 1. The van der Waals surface area contributed by atoms with Gasteiger partial charge in [-0.15, -0.1) is 0 Å². The molecule has 0 aliphatic rings. The average molecular weight is 221 g/mol. The molecule has 5 heteroatoms. The van der Waals surface area contributed by atoms with Gasteiger partial charge in [-0.05, 0) is 12.2 Å². The van der Waals surface area contributed by atoms with Crippen molar-refractivity contribution in [3.63, 3.8) is 0 Å². The summed E-state index contributed by atoms with van der Waals surface area (Å²) >= 11 is 4.67. The Bertz CT molecular complexity index is 389. The summed E-state index contributed by atoms with van der Waals surface area (Å²) in [5.41, 5.74) is 5.87. The fraction of sp³-hybridized carbons (Fsp3) is 0.100. The van der Waals surface area contributed by atoms with Gasteiger partial charge in [-0.3, -0.25) is 4.79 Å². The summed E-state index contributed by atoms with van der Waals surface area (Å²) in [7, 11) is 1.58. The molecule has 0 aliphatic heterocycles. The van der Waals surface area contributed by atoms with Gasteiger partial charge in [0, 0.05) is 12.6 Å². The summed E-state index contributed by atoms with van der Waals surface area (Å²) in [6.45, 7) is 0. The van der Waals surface area contributed by atoms with E-state index in [4.69, 9.17) is 5.73 Å². The number of hydrogen-bond acceptors (Lipinski definition) is 3. The van der Waals surface area contributed by atoms with Crippen LogP contribution in [-0.2, 0) is 0 Å². The first-order valence-electron chi connectivity index (χ1n) is 4.28. The number of Topliss-reactive ketones (excluding diaryl/α,β-unsaturated/α-hetero) is 1. The van der Waals surface area contributed by atoms with Crippen molar-refractivity contribution in [3.8, 4) is 0 Å². The van der Waals surface area contributed by atoms with Gasteiger partial charge in [-0.1, -0.05) is 30.3 Å². The van der Waals surface area contributed by atoms with Crippen LogP contribution in [0.5, 0.6) is 0 Å². The number of carbonyl (C=O) groups is 1. The van der Waals surface area contributed by atoms with E-state index in [0.717, 1.165) is 0 Å². The topological polar surface area (TPSA) is 58.7 Å². The second-order valence-corrected chi connectivity index (χ2v) is 3.25. The third-order valence-corrected chi connectivity index (χ3v) is 1.99. The zero-order valence-corrected chi connectivity index (χ0v) is 9.07. The lowest BCUT2D eigenvalue weighted by molar-refractivity contribution is 0.106. The van der Waals surface area contributed by atoms with Crippen molar-refractivity contribution in [3.05, 3.63) is 35.9 Å². The number of thiocarbonyl (C=S) groups is 1. The van der Waals surface area contributed by atoms with Crippen LogP contribution in [0.15, 0.2) is 35.4 Å². The molecule has 0 radical (unpaired) electrons. The normalized spacial score (nSPS) is 10.2. The molecular weight excluding hydrogens is 210 g/mol. The number of ketones is 1. The van der Waals surface area contributed by atoms with Crippen LogP contribution < -0.4 is 5.73 Å². The van der Waals surface area contributed by atoms with Crippen LogP contribution in [0.2, 0.25) is 0 Å². The Morgan fingerprint density at radius 2 is 2.07 bits per heavy atom. The minimum Gasteiger partial charge on any atom is -0.375 e. The number of benzene rings is 1. The van der Waals surface area contributed by atoms with Crippen LogP contribution in [0, 0.1) is 0 Å². The molecule has 2 N–H and O–H groups in total. The van der Waals surface area contributed by atoms with Crippen molar-refractivity contribution in [2.45, 2.75) is 0 Å². The first-order chi connectivity index (χ1) is 7.11. The SMILES string of the molecule is CN(N=CC(=O)c1ccccc1)C(N)=S. The molecule has 0 bridgehead atoms. The molecule has 0 saturated heterocycles. The van der Waals surface area contributed by atoms with E-state index in [0.29, 0.717) is 5.56 Å². The smallest absolute Gasteiger partial charge is 0.205 e. The molecule has 1 aromatic rings. The fourth-order valence-corrected chi connectivity index (χ4v) is 0.920. The molecule has 0 spiro atoms. The van der Waals surface area contributed by atoms with Crippen LogP contribution in [0.4, 0.5) is 0 Å². The maximum atomic E-state index is 11.5. The highest BCUT2D eigenvalue weighted by molar-refractivity contribution is 7.80. The second-order valence-electron chi connectivity index (χ2n) is 2.84. The van der Waals surface area contributed by atoms with Gasteiger partial charge in [-0.25, -0.2) is 5.01 Å². The van der Waals surface area contributed by atoms with Crippen LogP contribution >= 0.6 is 12.2 Å². The molecule has 78 valence electrons. The molecule has 0 fully saturated rings. The standard InChI is InChI=1S/C10H11N3OS/c1-13(10(11)15)12-7-9(14)8-5-3-2-4-6-8/h2-7H,1H3,(H2,11,15). The third-order valence-electron chi connectivity index (χ3n) is 1.73. The molecule has 15 heavy (non-hydrogen) atoms. The van der Waals surface area contributed by atoms with Crippen molar-refractivity contribution in [2.75, 3.05) is 7.05 Å². The molecule has 0 amide bonds. The highest BCUT2D eigenvalue weighted by Crippen LogP contribution is 1.98. The Balaban J connectivity index is 2.68. The molecular formula is C10H11N3OS. The molecule has 0 atom stereocenters. The van der Waals surface area contributed by atoms with E-state index in [1.54, 1.807) is 31.3 Å². The monoisotopic (exact) mass is 221 g/mol. The number of carbonyl (C=O) groups excluding carboxylic acids is 1. The van der Waals surface area contributed by atoms with E-state index in [-0.39, 0.29) is 10.9 Å². The third kappa shape index (κ3) is 3.47. The molecule has 0 aliphatic carbocycles. The minimum atomic E-state index is -0.182. The van der Waals surface area contributed by atoms with E-state index in [1.165, 1.54) is 11.2 Å². The molecule has 1 rings (SSSR count). The van der Waals surface area contributed by atoms with Crippen molar-refractivity contribution >= 4 is 29.3 Å². The molecule has 1 aromatic carbocycles. The van der Waals surface area contributed by atoms with E-state index in [2.05, 4.69) is 17.3 Å². The number of hydrazone groups is 1. The van der Waals surface area contributed by atoms with E-state index in [9.17, 15) is 4.79 Å². The number of nitrogens with zero attached hydrogens (tertiary/aromatic N) is 2. The van der Waals surface area contributed by atoms with Gasteiger partial charge in [0.25, 0.3) is 0 Å². The Morgan fingerprint density at radius 1 is 1.47 bits per heavy atom. The van der Waals surface area contributed by atoms with Gasteiger partial charge in [0.15, 0.2) is 5.11 Å². The summed E-state index contributed by atoms with van der Waals surface area (Å²) in [5, 5.41) is 5.17. The summed E-state index contributed by atoms with van der Waals surface area (Å²) < 4.78 is 0. The van der Waals surface area contributed by atoms with Crippen molar-refractivity contribution in [1.82, 2.24) is 5.01 Å². The highest BCUT2D eigenvalue weighted by Gasteiger charge is 2.01. The first-order valence-corrected chi connectivity index (χ1v) is 4.68. The predicted octanol–water partition coefficient (Wildman–Crippen LogP) is 1.03. The minimum absolute atomic E-state index is 0.118. The first kappa shape index (κ1) is 11.3. The maximum absolute atomic E-state index is 11.5. The van der Waals surface area contributed by atoms with Gasteiger partial charge < -0.3 is 5.73 Å². The highest BCUT2D eigenvalue weighted by atomic mass is 32.1. The molecule has 4 nitrogen and oxygen atoms in total. The lowest BCUT2D eigenvalue weighted by Crippen LogP contribution is -2.27. The van der Waals surface area contributed by atoms with Crippen LogP contribution in [-0.4, -0.2) is 29.2 Å². The zero-order valence-electron chi connectivity index (χ0n) is 8.25. The summed E-state index contributed by atoms with van der Waals surface area (Å²) in [6.07, 6.45) is 1.19. The Hall–Kier alpha value is -1.75. The molecule has 0 saturated carbocycles. The van der Waals surface area contributed by atoms with Crippen molar-refractivity contribution < 1.29 is 4.79 Å². The Labute approximate surface area is 93.4 Å². The largest absolute Gasteiger partial charge is 0.375 e. The summed E-state index contributed by atoms with van der Waals surface area (Å²) in [5.74, 6) is -0.182. The van der Waals surface area contributed by atoms with Crippen LogP contribution in [0.3, 0.4) is 0 Å². The predicted molar refractivity (Wildman–Crippen MR) is 63.8 cm³/mol. The zero-order chi connectivity index (χ0) is 11.3. The molecule has 0 unspecified atom stereocenters. The van der Waals surface area contributed by atoms with Gasteiger partial charge >= 0.3 is 0 Å². The van der Waals surface area contributed by atoms with E-state index >= 15 is 0 Å². The fourth-order valence-electron chi connectivity index (χ4n) is 0.873. The molecule has 0 aromatic heterocycles. The maximum Gasteiger partial charge on any atom is 0.205 e. The van der Waals surface area contributed by atoms with Gasteiger partial charge in [-0.2, -0.15) is 5.10 Å². The van der Waals surface area contributed by atoms with Crippen LogP contribution in [0.1, 0.15) is 10.4 Å². The Morgan fingerprint density at radius 3 is 2.60 bits per heavy atom. The number of hydrogen-bond donors (Lipinski definition) is 1. The summed E-state index contributed by atoms with van der Waals surface area (Å²) in [4.78, 5) is 11.5. The quantitative estimate of drug-likeness (QED) is 0.358. The molecule has 0 heterocycles. The Kier molecular flexibility index (Phi) is 3.93. The van der Waals surface area contributed by atoms with E-state index in [1.807, 2.05) is 6.07 Å². The lowest BCUT2D eigenvalue weighted by Gasteiger charge is -2.07. The van der Waals surface area contributed by atoms with Gasteiger partial charge in [0.1, 0.15) is 0 Å². The second kappa shape index (κ2) is 5.21. The average Bonchev–Trinajstić information content (AvgIpc) is 2.26.